The molecule has 1 N–H and O–H groups in total. The number of hydrogen-bond acceptors (Lipinski definition) is 2. The summed E-state index contributed by atoms with van der Waals surface area (Å²) in [5.74, 6) is 0.741. The van der Waals surface area contributed by atoms with Gasteiger partial charge in [0.25, 0.3) is 0 Å². The summed E-state index contributed by atoms with van der Waals surface area (Å²) in [4.78, 5) is 0. The molecule has 86 valence electrons. The molecular formula is C12H27NO. The average Bonchev–Trinajstić information content (AvgIpc) is 2.10. The monoisotopic (exact) mass is 201 g/mol. The van der Waals surface area contributed by atoms with Gasteiger partial charge in [0.1, 0.15) is 0 Å². The lowest BCUT2D eigenvalue weighted by atomic mass is 10.1. The van der Waals surface area contributed by atoms with Crippen LogP contribution >= 0.6 is 0 Å². The summed E-state index contributed by atoms with van der Waals surface area (Å²) in [6, 6.07) is 0.553. The van der Waals surface area contributed by atoms with Gasteiger partial charge in [-0.25, -0.2) is 0 Å². The van der Waals surface area contributed by atoms with Gasteiger partial charge >= 0.3 is 0 Å². The van der Waals surface area contributed by atoms with Crippen LogP contribution in [0.25, 0.3) is 0 Å². The molecule has 0 saturated heterocycles. The van der Waals surface area contributed by atoms with Gasteiger partial charge in [0, 0.05) is 19.2 Å². The zero-order valence-electron chi connectivity index (χ0n) is 10.5. The predicted octanol–water partition coefficient (Wildman–Crippen LogP) is 2.83. The fraction of sp³-hybridized carbons (Fsp3) is 1.00. The van der Waals surface area contributed by atoms with Crippen molar-refractivity contribution in [2.24, 2.45) is 5.92 Å². The van der Waals surface area contributed by atoms with E-state index in [0.29, 0.717) is 12.1 Å². The first-order valence-electron chi connectivity index (χ1n) is 5.91. The van der Waals surface area contributed by atoms with Crippen LogP contribution in [0.2, 0.25) is 0 Å². The van der Waals surface area contributed by atoms with Crippen LogP contribution in [0.3, 0.4) is 0 Å². The second-order valence-electron chi connectivity index (χ2n) is 4.65. The third kappa shape index (κ3) is 8.52. The molecule has 0 saturated carbocycles. The Morgan fingerprint density at radius 3 is 2.21 bits per heavy atom. The van der Waals surface area contributed by atoms with Gasteiger partial charge in [0.15, 0.2) is 0 Å². The highest BCUT2D eigenvalue weighted by atomic mass is 16.5. The fourth-order valence-electron chi connectivity index (χ4n) is 1.16. The molecule has 1 atom stereocenters. The maximum Gasteiger partial charge on any atom is 0.0696 e. The lowest BCUT2D eigenvalue weighted by molar-refractivity contribution is 0.0431. The van der Waals surface area contributed by atoms with E-state index in [4.69, 9.17) is 4.74 Å². The zero-order valence-corrected chi connectivity index (χ0v) is 10.5. The van der Waals surface area contributed by atoms with Crippen LogP contribution in [0.5, 0.6) is 0 Å². The van der Waals surface area contributed by atoms with Gasteiger partial charge in [0.2, 0.25) is 0 Å². The summed E-state index contributed by atoms with van der Waals surface area (Å²) >= 11 is 0. The Morgan fingerprint density at radius 2 is 1.79 bits per heavy atom. The molecule has 2 heteroatoms. The SMILES string of the molecule is CCC(CNC(C)C)OCCC(C)C. The number of rotatable bonds is 8. The average molecular weight is 201 g/mol. The van der Waals surface area contributed by atoms with Gasteiger partial charge in [-0.05, 0) is 18.8 Å². The molecule has 0 aliphatic carbocycles. The normalized spacial score (nSPS) is 13.9. The summed E-state index contributed by atoms with van der Waals surface area (Å²) in [6.45, 7) is 12.9. The fourth-order valence-corrected chi connectivity index (χ4v) is 1.16. The van der Waals surface area contributed by atoms with Gasteiger partial charge in [-0.2, -0.15) is 0 Å². The summed E-state index contributed by atoms with van der Waals surface area (Å²) in [7, 11) is 0. The van der Waals surface area contributed by atoms with Crippen molar-refractivity contribution in [3.63, 3.8) is 0 Å². The molecule has 0 heterocycles. The van der Waals surface area contributed by atoms with Crippen LogP contribution in [0.1, 0.15) is 47.5 Å². The molecule has 0 aromatic carbocycles. The van der Waals surface area contributed by atoms with Crippen molar-refractivity contribution >= 4 is 0 Å². The topological polar surface area (TPSA) is 21.3 Å². The van der Waals surface area contributed by atoms with Gasteiger partial charge < -0.3 is 10.1 Å². The van der Waals surface area contributed by atoms with Gasteiger partial charge in [-0.3, -0.25) is 0 Å². The van der Waals surface area contributed by atoms with E-state index in [1.165, 1.54) is 0 Å². The summed E-state index contributed by atoms with van der Waals surface area (Å²) in [5.41, 5.74) is 0. The highest BCUT2D eigenvalue weighted by Crippen LogP contribution is 2.03. The molecule has 14 heavy (non-hydrogen) atoms. The minimum absolute atomic E-state index is 0.385. The summed E-state index contributed by atoms with van der Waals surface area (Å²) in [5, 5.41) is 3.41. The molecule has 0 rings (SSSR count). The summed E-state index contributed by atoms with van der Waals surface area (Å²) < 4.78 is 5.79. The highest BCUT2D eigenvalue weighted by molar-refractivity contribution is 4.62. The Hall–Kier alpha value is -0.0800. The third-order valence-electron chi connectivity index (χ3n) is 2.26. The smallest absolute Gasteiger partial charge is 0.0696 e. The van der Waals surface area contributed by atoms with Crippen molar-refractivity contribution in [2.75, 3.05) is 13.2 Å². The van der Waals surface area contributed by atoms with Gasteiger partial charge in [0.05, 0.1) is 6.10 Å². The molecule has 0 aliphatic heterocycles. The maximum atomic E-state index is 5.79. The van der Waals surface area contributed by atoms with E-state index < -0.39 is 0 Å². The van der Waals surface area contributed by atoms with E-state index in [2.05, 4.69) is 39.9 Å². The predicted molar refractivity (Wildman–Crippen MR) is 62.6 cm³/mol. The van der Waals surface area contributed by atoms with Crippen LogP contribution in [0.4, 0.5) is 0 Å². The van der Waals surface area contributed by atoms with Crippen molar-refractivity contribution in [2.45, 2.75) is 59.6 Å². The zero-order chi connectivity index (χ0) is 11.0. The van der Waals surface area contributed by atoms with E-state index in [1.54, 1.807) is 0 Å². The number of hydrogen-bond donors (Lipinski definition) is 1. The van der Waals surface area contributed by atoms with Crippen LogP contribution in [0.15, 0.2) is 0 Å². The van der Waals surface area contributed by atoms with E-state index in [1.807, 2.05) is 0 Å². The van der Waals surface area contributed by atoms with Crippen molar-refractivity contribution < 1.29 is 4.74 Å². The molecular weight excluding hydrogens is 174 g/mol. The van der Waals surface area contributed by atoms with E-state index >= 15 is 0 Å². The molecule has 0 bridgehead atoms. The Bertz CT molecular complexity index is 123. The molecule has 0 amide bonds. The van der Waals surface area contributed by atoms with Crippen molar-refractivity contribution in [1.29, 1.82) is 0 Å². The molecule has 0 fully saturated rings. The standard InChI is InChI=1S/C12H27NO/c1-6-12(9-13-11(4)5)14-8-7-10(2)3/h10-13H,6-9H2,1-5H3. The Balaban J connectivity index is 3.48. The van der Waals surface area contributed by atoms with Crippen LogP contribution in [0, 0.1) is 5.92 Å². The van der Waals surface area contributed by atoms with Crippen LogP contribution < -0.4 is 5.32 Å². The molecule has 1 unspecified atom stereocenters. The quantitative estimate of drug-likeness (QED) is 0.652. The highest BCUT2D eigenvalue weighted by Gasteiger charge is 2.06. The van der Waals surface area contributed by atoms with E-state index in [-0.39, 0.29) is 0 Å². The first-order chi connectivity index (χ1) is 6.56. The lowest BCUT2D eigenvalue weighted by Crippen LogP contribution is -2.33. The van der Waals surface area contributed by atoms with Gasteiger partial charge in [-0.1, -0.05) is 34.6 Å². The largest absolute Gasteiger partial charge is 0.377 e. The Kier molecular flexibility index (Phi) is 8.20. The Labute approximate surface area is 89.4 Å². The second-order valence-corrected chi connectivity index (χ2v) is 4.65. The molecule has 0 spiro atoms. The lowest BCUT2D eigenvalue weighted by Gasteiger charge is -2.19. The molecule has 0 aromatic rings. The minimum Gasteiger partial charge on any atom is -0.377 e. The first-order valence-corrected chi connectivity index (χ1v) is 5.91. The third-order valence-corrected chi connectivity index (χ3v) is 2.26. The van der Waals surface area contributed by atoms with Crippen LogP contribution in [-0.4, -0.2) is 25.3 Å². The number of nitrogens with one attached hydrogen (secondary N) is 1. The second kappa shape index (κ2) is 8.25. The van der Waals surface area contributed by atoms with Crippen molar-refractivity contribution in [3.05, 3.63) is 0 Å². The molecule has 0 aromatic heterocycles. The minimum atomic E-state index is 0.385. The van der Waals surface area contributed by atoms with Gasteiger partial charge in [-0.15, -0.1) is 0 Å². The number of ether oxygens (including phenoxy) is 1. The Morgan fingerprint density at radius 1 is 1.14 bits per heavy atom. The molecule has 0 aliphatic rings. The van der Waals surface area contributed by atoms with Crippen molar-refractivity contribution in [3.8, 4) is 0 Å². The van der Waals surface area contributed by atoms with E-state index in [9.17, 15) is 0 Å². The van der Waals surface area contributed by atoms with Crippen LogP contribution in [-0.2, 0) is 4.74 Å². The molecule has 2 nitrogen and oxygen atoms in total. The molecule has 0 radical (unpaired) electrons. The van der Waals surface area contributed by atoms with E-state index in [0.717, 1.165) is 31.9 Å². The maximum absolute atomic E-state index is 5.79. The van der Waals surface area contributed by atoms with Crippen molar-refractivity contribution in [1.82, 2.24) is 5.32 Å². The summed E-state index contributed by atoms with van der Waals surface area (Å²) in [6.07, 6.45) is 2.65. The first kappa shape index (κ1) is 13.9.